The van der Waals surface area contributed by atoms with Crippen LogP contribution in [-0.4, -0.2) is 46.3 Å². The van der Waals surface area contributed by atoms with E-state index in [-0.39, 0.29) is 24.3 Å². The summed E-state index contributed by atoms with van der Waals surface area (Å²) in [6, 6.07) is 0. The van der Waals surface area contributed by atoms with Gasteiger partial charge in [0.05, 0.1) is 0 Å². The molecule has 3 N–H and O–H groups in total. The van der Waals surface area contributed by atoms with Crippen LogP contribution in [-0.2, 0) is 4.74 Å². The number of rotatable bonds is 6. The van der Waals surface area contributed by atoms with Crippen LogP contribution in [0.3, 0.4) is 0 Å². The van der Waals surface area contributed by atoms with Crippen molar-refractivity contribution in [2.45, 2.75) is 37.4 Å². The predicted molar refractivity (Wildman–Crippen MR) is 90.6 cm³/mol. The van der Waals surface area contributed by atoms with Gasteiger partial charge in [0, 0.05) is 25.3 Å². The van der Waals surface area contributed by atoms with Gasteiger partial charge in [-0.15, -0.1) is 0 Å². The fourth-order valence-corrected chi connectivity index (χ4v) is 1.32. The molecule has 6 nitrogen and oxygen atoms in total. The Morgan fingerprint density at radius 1 is 1.32 bits per heavy atom. The van der Waals surface area contributed by atoms with Crippen LogP contribution in [0.25, 0.3) is 0 Å². The van der Waals surface area contributed by atoms with E-state index in [2.05, 4.69) is 10.3 Å². The minimum atomic E-state index is -1.69. The van der Waals surface area contributed by atoms with Crippen molar-refractivity contribution in [3.63, 3.8) is 0 Å². The SMILES string of the molecule is CC(C)(C)C(=N)CC(=NCCCO)NC(=O)OCC(Cl)(Cl)Cl. The molecule has 0 saturated carbocycles. The molecule has 0 aliphatic heterocycles. The van der Waals surface area contributed by atoms with Gasteiger partial charge in [-0.3, -0.25) is 10.3 Å². The van der Waals surface area contributed by atoms with E-state index in [1.807, 2.05) is 20.8 Å². The summed E-state index contributed by atoms with van der Waals surface area (Å²) in [5.41, 5.74) is 0.0536. The van der Waals surface area contributed by atoms with Gasteiger partial charge >= 0.3 is 6.09 Å². The predicted octanol–water partition coefficient (Wildman–Crippen LogP) is 3.32. The molecule has 0 unspecified atom stereocenters. The number of ether oxygens (including phenoxy) is 1. The lowest BCUT2D eigenvalue weighted by atomic mass is 9.88. The van der Waals surface area contributed by atoms with Crippen LogP contribution in [0.5, 0.6) is 0 Å². The summed E-state index contributed by atoms with van der Waals surface area (Å²) in [5.74, 6) is 0.280. The zero-order chi connectivity index (χ0) is 17.4. The smallest absolute Gasteiger partial charge is 0.412 e. The zero-order valence-corrected chi connectivity index (χ0v) is 15.1. The van der Waals surface area contributed by atoms with Crippen molar-refractivity contribution in [1.82, 2.24) is 5.32 Å². The molecule has 9 heteroatoms. The van der Waals surface area contributed by atoms with Crippen LogP contribution in [0.4, 0.5) is 4.79 Å². The average molecular weight is 375 g/mol. The normalized spacial score (nSPS) is 13.0. The number of nitrogens with zero attached hydrogens (tertiary/aromatic N) is 1. The van der Waals surface area contributed by atoms with E-state index in [1.54, 1.807) is 0 Å². The molecule has 0 aromatic carbocycles. The second-order valence-electron chi connectivity index (χ2n) is 5.63. The van der Waals surface area contributed by atoms with Crippen LogP contribution in [0.2, 0.25) is 0 Å². The van der Waals surface area contributed by atoms with Gasteiger partial charge < -0.3 is 15.3 Å². The number of aliphatic imine (C=N–C) groups is 1. The molecular formula is C13H22Cl3N3O3. The minimum Gasteiger partial charge on any atom is -0.445 e. The lowest BCUT2D eigenvalue weighted by Crippen LogP contribution is -2.36. The van der Waals surface area contributed by atoms with Crippen molar-refractivity contribution in [3.8, 4) is 0 Å². The minimum absolute atomic E-state index is 0.00872. The highest BCUT2D eigenvalue weighted by molar-refractivity contribution is 6.67. The van der Waals surface area contributed by atoms with E-state index in [0.29, 0.717) is 18.7 Å². The molecule has 0 heterocycles. The van der Waals surface area contributed by atoms with E-state index in [9.17, 15) is 4.79 Å². The lowest BCUT2D eigenvalue weighted by molar-refractivity contribution is 0.153. The Kier molecular flexibility index (Phi) is 9.31. The molecule has 0 bridgehead atoms. The fraction of sp³-hybridized carbons (Fsp3) is 0.769. The average Bonchev–Trinajstić information content (AvgIpc) is 2.34. The Bertz CT molecular complexity index is 415. The highest BCUT2D eigenvalue weighted by Crippen LogP contribution is 2.25. The second kappa shape index (κ2) is 9.55. The Morgan fingerprint density at radius 3 is 2.36 bits per heavy atom. The van der Waals surface area contributed by atoms with Crippen molar-refractivity contribution in [2.75, 3.05) is 19.8 Å². The van der Waals surface area contributed by atoms with Gasteiger partial charge in [0.15, 0.2) is 0 Å². The van der Waals surface area contributed by atoms with Gasteiger partial charge in [-0.1, -0.05) is 55.6 Å². The second-order valence-corrected chi connectivity index (χ2v) is 8.14. The molecule has 22 heavy (non-hydrogen) atoms. The first-order valence-electron chi connectivity index (χ1n) is 6.68. The molecule has 0 aromatic heterocycles. The Labute approximate surface area is 145 Å². The summed E-state index contributed by atoms with van der Waals surface area (Å²) >= 11 is 16.5. The first-order valence-corrected chi connectivity index (χ1v) is 7.81. The fourth-order valence-electron chi connectivity index (χ4n) is 1.16. The quantitative estimate of drug-likeness (QED) is 0.288. The first kappa shape index (κ1) is 21.4. The number of amides is 1. The summed E-state index contributed by atoms with van der Waals surface area (Å²) < 4.78 is 3.07. The molecule has 0 saturated heterocycles. The van der Waals surface area contributed by atoms with Crippen LogP contribution in [0.15, 0.2) is 4.99 Å². The number of carbonyl (C=O) groups is 1. The van der Waals surface area contributed by atoms with Crippen molar-refractivity contribution in [3.05, 3.63) is 0 Å². The van der Waals surface area contributed by atoms with E-state index < -0.39 is 16.5 Å². The van der Waals surface area contributed by atoms with Gasteiger partial charge in [0.25, 0.3) is 0 Å². The summed E-state index contributed by atoms with van der Waals surface area (Å²) in [7, 11) is 0. The monoisotopic (exact) mass is 373 g/mol. The van der Waals surface area contributed by atoms with Crippen molar-refractivity contribution >= 4 is 52.4 Å². The Balaban J connectivity index is 4.70. The molecule has 0 spiro atoms. The summed E-state index contributed by atoms with van der Waals surface area (Å²) in [6.07, 6.45) is -0.189. The highest BCUT2D eigenvalue weighted by atomic mass is 35.6. The highest BCUT2D eigenvalue weighted by Gasteiger charge is 2.23. The Morgan fingerprint density at radius 2 is 1.91 bits per heavy atom. The molecule has 0 rings (SSSR count). The standard InChI is InChI=1S/C13H22Cl3N3O3/c1-12(2,3)9(17)7-10(18-5-4-6-20)19-11(21)22-8-13(14,15)16/h17,20H,4-8H2,1-3H3,(H,18,19,21). The molecule has 0 radical (unpaired) electrons. The van der Waals surface area contributed by atoms with Crippen LogP contribution < -0.4 is 5.32 Å². The van der Waals surface area contributed by atoms with Crippen molar-refractivity contribution in [1.29, 1.82) is 5.41 Å². The number of aliphatic hydroxyl groups excluding tert-OH is 1. The number of halogens is 3. The van der Waals surface area contributed by atoms with E-state index in [4.69, 9.17) is 50.1 Å². The van der Waals surface area contributed by atoms with Crippen molar-refractivity contribution < 1.29 is 14.6 Å². The third-order valence-corrected chi connectivity index (χ3v) is 2.81. The molecule has 0 aliphatic carbocycles. The number of nitrogens with one attached hydrogen (secondary N) is 2. The molecule has 0 aromatic rings. The van der Waals surface area contributed by atoms with E-state index in [0.717, 1.165) is 0 Å². The van der Waals surface area contributed by atoms with Gasteiger partial charge in [-0.2, -0.15) is 0 Å². The molecule has 0 aliphatic rings. The van der Waals surface area contributed by atoms with Gasteiger partial charge in [0.2, 0.25) is 3.79 Å². The molecule has 1 amide bonds. The topological polar surface area (TPSA) is 94.8 Å². The lowest BCUT2D eigenvalue weighted by Gasteiger charge is -2.21. The molecular weight excluding hydrogens is 353 g/mol. The maximum atomic E-state index is 11.7. The molecule has 0 fully saturated rings. The molecule has 0 atom stereocenters. The summed E-state index contributed by atoms with van der Waals surface area (Å²) in [5, 5.41) is 19.2. The zero-order valence-electron chi connectivity index (χ0n) is 12.9. The first-order chi connectivity index (χ1) is 9.95. The number of amidine groups is 1. The maximum Gasteiger partial charge on any atom is 0.412 e. The van der Waals surface area contributed by atoms with E-state index in [1.165, 1.54) is 0 Å². The number of alkyl carbamates (subject to hydrolysis) is 1. The number of hydrogen-bond acceptors (Lipinski definition) is 5. The van der Waals surface area contributed by atoms with Gasteiger partial charge in [0.1, 0.15) is 12.4 Å². The van der Waals surface area contributed by atoms with Crippen LogP contribution in [0.1, 0.15) is 33.6 Å². The van der Waals surface area contributed by atoms with Crippen LogP contribution in [0, 0.1) is 10.8 Å². The number of carbonyl (C=O) groups excluding carboxylic acids is 1. The third kappa shape index (κ3) is 11.1. The third-order valence-electron chi connectivity index (χ3n) is 2.48. The Hall–Kier alpha value is -0.560. The largest absolute Gasteiger partial charge is 0.445 e. The van der Waals surface area contributed by atoms with Gasteiger partial charge in [-0.25, -0.2) is 4.79 Å². The summed E-state index contributed by atoms with van der Waals surface area (Å²) in [4.78, 5) is 15.8. The van der Waals surface area contributed by atoms with Crippen molar-refractivity contribution in [2.24, 2.45) is 10.4 Å². The number of hydrogen-bond donors (Lipinski definition) is 3. The van der Waals surface area contributed by atoms with Crippen LogP contribution >= 0.6 is 34.8 Å². The molecule has 128 valence electrons. The van der Waals surface area contributed by atoms with E-state index >= 15 is 0 Å². The number of alkyl halides is 3. The van der Waals surface area contributed by atoms with Gasteiger partial charge in [-0.05, 0) is 11.8 Å². The maximum absolute atomic E-state index is 11.7. The summed E-state index contributed by atoms with van der Waals surface area (Å²) in [6.45, 7) is 5.59. The number of aliphatic hydroxyl groups is 1.